The molecular formula is C14H22N2O2. The van der Waals surface area contributed by atoms with Crippen LogP contribution < -0.4 is 5.32 Å². The predicted molar refractivity (Wildman–Crippen MR) is 74.4 cm³/mol. The van der Waals surface area contributed by atoms with E-state index >= 15 is 0 Å². The Hall–Kier alpha value is -1.55. The standard InChI is InChI=1S/C14H22N2O2/c1-10-6-7-11(13(17)18)12(8-10)15-9-14(2,3)16(4)5/h6-8,15H,9H2,1-5H3,(H,17,18). The average Bonchev–Trinajstić information content (AvgIpc) is 2.26. The molecule has 0 bridgehead atoms. The monoisotopic (exact) mass is 250 g/mol. The highest BCUT2D eigenvalue weighted by Crippen LogP contribution is 2.19. The molecule has 100 valence electrons. The van der Waals surface area contributed by atoms with Crippen LogP contribution in [0.4, 0.5) is 5.69 Å². The number of benzene rings is 1. The number of nitrogens with one attached hydrogen (secondary N) is 1. The Balaban J connectivity index is 2.90. The Morgan fingerprint density at radius 1 is 1.39 bits per heavy atom. The van der Waals surface area contributed by atoms with Crippen molar-refractivity contribution in [2.45, 2.75) is 26.3 Å². The highest BCUT2D eigenvalue weighted by molar-refractivity contribution is 5.94. The minimum Gasteiger partial charge on any atom is -0.478 e. The first-order chi connectivity index (χ1) is 8.24. The van der Waals surface area contributed by atoms with Gasteiger partial charge in [0.15, 0.2) is 0 Å². The molecule has 0 aliphatic heterocycles. The number of carbonyl (C=O) groups is 1. The van der Waals surface area contributed by atoms with E-state index in [4.69, 9.17) is 5.11 Å². The van der Waals surface area contributed by atoms with Crippen molar-refractivity contribution in [2.24, 2.45) is 0 Å². The first-order valence-corrected chi connectivity index (χ1v) is 5.99. The zero-order valence-electron chi connectivity index (χ0n) is 11.7. The van der Waals surface area contributed by atoms with E-state index in [1.807, 2.05) is 33.2 Å². The molecule has 18 heavy (non-hydrogen) atoms. The zero-order valence-corrected chi connectivity index (χ0v) is 11.7. The van der Waals surface area contributed by atoms with Crippen LogP contribution in [-0.4, -0.2) is 42.2 Å². The topological polar surface area (TPSA) is 52.6 Å². The second-order valence-electron chi connectivity index (χ2n) is 5.41. The van der Waals surface area contributed by atoms with Crippen LogP contribution >= 0.6 is 0 Å². The molecule has 0 fully saturated rings. The Morgan fingerprint density at radius 3 is 2.50 bits per heavy atom. The van der Waals surface area contributed by atoms with Gasteiger partial charge in [-0.2, -0.15) is 0 Å². The molecule has 0 saturated heterocycles. The van der Waals surface area contributed by atoms with Gasteiger partial charge in [0.1, 0.15) is 0 Å². The summed E-state index contributed by atoms with van der Waals surface area (Å²) in [5, 5.41) is 12.4. The van der Waals surface area contributed by atoms with Crippen LogP contribution in [0.2, 0.25) is 0 Å². The Kier molecular flexibility index (Phi) is 4.35. The quantitative estimate of drug-likeness (QED) is 0.843. The van der Waals surface area contributed by atoms with Crippen LogP contribution in [0.1, 0.15) is 29.8 Å². The number of rotatable bonds is 5. The number of likely N-dealkylation sites (N-methyl/N-ethyl adjacent to an activating group) is 1. The number of carboxylic acid groups (broad SMARTS) is 1. The van der Waals surface area contributed by atoms with Gasteiger partial charge in [-0.1, -0.05) is 6.07 Å². The third-order valence-electron chi connectivity index (χ3n) is 3.33. The SMILES string of the molecule is Cc1ccc(C(=O)O)c(NCC(C)(C)N(C)C)c1. The number of nitrogens with zero attached hydrogens (tertiary/aromatic N) is 1. The molecule has 4 nitrogen and oxygen atoms in total. The molecule has 4 heteroatoms. The molecule has 0 aliphatic carbocycles. The third-order valence-corrected chi connectivity index (χ3v) is 3.33. The molecule has 1 aromatic carbocycles. The Bertz CT molecular complexity index is 439. The molecule has 0 spiro atoms. The van der Waals surface area contributed by atoms with E-state index in [1.165, 1.54) is 0 Å². The van der Waals surface area contributed by atoms with Crippen molar-refractivity contribution in [2.75, 3.05) is 26.0 Å². The van der Waals surface area contributed by atoms with E-state index in [-0.39, 0.29) is 5.54 Å². The first-order valence-electron chi connectivity index (χ1n) is 5.99. The fourth-order valence-electron chi connectivity index (χ4n) is 1.46. The predicted octanol–water partition coefficient (Wildman–Crippen LogP) is 2.45. The first kappa shape index (κ1) is 14.5. The van der Waals surface area contributed by atoms with Crippen molar-refractivity contribution < 1.29 is 9.90 Å². The van der Waals surface area contributed by atoms with Crippen LogP contribution in [0.25, 0.3) is 0 Å². The zero-order chi connectivity index (χ0) is 13.9. The van der Waals surface area contributed by atoms with Gasteiger partial charge < -0.3 is 15.3 Å². The number of carboxylic acids is 1. The van der Waals surface area contributed by atoms with Crippen molar-refractivity contribution in [3.8, 4) is 0 Å². The smallest absolute Gasteiger partial charge is 0.337 e. The van der Waals surface area contributed by atoms with Gasteiger partial charge in [0.25, 0.3) is 0 Å². The summed E-state index contributed by atoms with van der Waals surface area (Å²) >= 11 is 0. The largest absolute Gasteiger partial charge is 0.478 e. The van der Waals surface area contributed by atoms with E-state index in [2.05, 4.69) is 24.1 Å². The van der Waals surface area contributed by atoms with Gasteiger partial charge in [0, 0.05) is 17.8 Å². The maximum Gasteiger partial charge on any atom is 0.337 e. The molecule has 0 atom stereocenters. The van der Waals surface area contributed by atoms with Crippen molar-refractivity contribution >= 4 is 11.7 Å². The molecule has 0 heterocycles. The summed E-state index contributed by atoms with van der Waals surface area (Å²) in [6.45, 7) is 6.85. The second kappa shape index (κ2) is 5.40. The molecule has 0 amide bonds. The highest BCUT2D eigenvalue weighted by atomic mass is 16.4. The van der Waals surface area contributed by atoms with Gasteiger partial charge in [0.05, 0.1) is 5.56 Å². The summed E-state index contributed by atoms with van der Waals surface area (Å²) in [5.74, 6) is -0.903. The molecular weight excluding hydrogens is 228 g/mol. The van der Waals surface area contributed by atoms with Gasteiger partial charge in [-0.3, -0.25) is 0 Å². The van der Waals surface area contributed by atoms with Crippen LogP contribution in [0.5, 0.6) is 0 Å². The van der Waals surface area contributed by atoms with E-state index in [0.717, 1.165) is 5.56 Å². The summed E-state index contributed by atoms with van der Waals surface area (Å²) in [6, 6.07) is 5.32. The molecule has 1 rings (SSSR count). The lowest BCUT2D eigenvalue weighted by Gasteiger charge is -2.33. The molecule has 0 saturated carbocycles. The lowest BCUT2D eigenvalue weighted by Crippen LogP contribution is -2.44. The van der Waals surface area contributed by atoms with Crippen molar-refractivity contribution in [1.82, 2.24) is 4.90 Å². The van der Waals surface area contributed by atoms with Gasteiger partial charge in [-0.15, -0.1) is 0 Å². The number of hydrogen-bond acceptors (Lipinski definition) is 3. The normalized spacial score (nSPS) is 11.7. The highest BCUT2D eigenvalue weighted by Gasteiger charge is 2.21. The summed E-state index contributed by atoms with van der Waals surface area (Å²) in [7, 11) is 4.02. The molecule has 0 unspecified atom stereocenters. The fraction of sp³-hybridized carbons (Fsp3) is 0.500. The molecule has 1 aromatic rings. The van der Waals surface area contributed by atoms with Crippen molar-refractivity contribution in [3.63, 3.8) is 0 Å². The maximum atomic E-state index is 11.1. The van der Waals surface area contributed by atoms with Crippen LogP contribution in [0.3, 0.4) is 0 Å². The molecule has 0 aliphatic rings. The molecule has 0 radical (unpaired) electrons. The number of anilines is 1. The Labute approximate surface area is 109 Å². The van der Waals surface area contributed by atoms with E-state index < -0.39 is 5.97 Å². The van der Waals surface area contributed by atoms with Gasteiger partial charge in [0.2, 0.25) is 0 Å². The van der Waals surface area contributed by atoms with E-state index in [0.29, 0.717) is 17.8 Å². The second-order valence-corrected chi connectivity index (χ2v) is 5.41. The van der Waals surface area contributed by atoms with Gasteiger partial charge >= 0.3 is 5.97 Å². The van der Waals surface area contributed by atoms with E-state index in [1.54, 1.807) is 6.07 Å². The number of hydrogen-bond donors (Lipinski definition) is 2. The van der Waals surface area contributed by atoms with Gasteiger partial charge in [-0.25, -0.2) is 4.79 Å². The van der Waals surface area contributed by atoms with Gasteiger partial charge in [-0.05, 0) is 52.6 Å². The average molecular weight is 250 g/mol. The lowest BCUT2D eigenvalue weighted by molar-refractivity contribution is 0.0698. The van der Waals surface area contributed by atoms with E-state index in [9.17, 15) is 4.79 Å². The van der Waals surface area contributed by atoms with Crippen LogP contribution in [0, 0.1) is 6.92 Å². The summed E-state index contributed by atoms with van der Waals surface area (Å²) in [6.07, 6.45) is 0. The fourth-order valence-corrected chi connectivity index (χ4v) is 1.46. The Morgan fingerprint density at radius 2 is 2.00 bits per heavy atom. The molecule has 2 N–H and O–H groups in total. The van der Waals surface area contributed by atoms with Crippen molar-refractivity contribution in [1.29, 1.82) is 0 Å². The third kappa shape index (κ3) is 3.47. The molecule has 0 aromatic heterocycles. The number of aryl methyl sites for hydroxylation is 1. The summed E-state index contributed by atoms with van der Waals surface area (Å²) in [4.78, 5) is 13.2. The van der Waals surface area contributed by atoms with Crippen LogP contribution in [0.15, 0.2) is 18.2 Å². The minimum absolute atomic E-state index is 0.0421. The number of aromatic carboxylic acids is 1. The van der Waals surface area contributed by atoms with Crippen LogP contribution in [-0.2, 0) is 0 Å². The minimum atomic E-state index is -0.903. The summed E-state index contributed by atoms with van der Waals surface area (Å²) < 4.78 is 0. The summed E-state index contributed by atoms with van der Waals surface area (Å²) in [5.41, 5.74) is 2.00. The van der Waals surface area contributed by atoms with Crippen molar-refractivity contribution in [3.05, 3.63) is 29.3 Å². The lowest BCUT2D eigenvalue weighted by atomic mass is 10.0. The maximum absolute atomic E-state index is 11.1.